The molecule has 0 bridgehead atoms. The number of rotatable bonds is 1. The second-order valence-corrected chi connectivity index (χ2v) is 11.9. The van der Waals surface area contributed by atoms with Crippen LogP contribution < -0.4 is 0 Å². The molecule has 0 aliphatic heterocycles. The minimum atomic E-state index is 0.0471. The third kappa shape index (κ3) is 3.05. The summed E-state index contributed by atoms with van der Waals surface area (Å²) in [6.07, 6.45) is 0. The lowest BCUT2D eigenvalue weighted by molar-refractivity contribution is 0.578. The van der Waals surface area contributed by atoms with Crippen LogP contribution in [0.2, 0.25) is 0 Å². The lowest BCUT2D eigenvalue weighted by atomic mass is 9.76. The zero-order valence-corrected chi connectivity index (χ0v) is 21.1. The van der Waals surface area contributed by atoms with Crippen LogP contribution in [0.1, 0.15) is 52.7 Å². The normalized spacial score (nSPS) is 13.0. The number of hydrogen-bond donors (Lipinski definition) is 0. The van der Waals surface area contributed by atoms with Gasteiger partial charge in [0.15, 0.2) is 0 Å². The summed E-state index contributed by atoms with van der Waals surface area (Å²) in [6, 6.07) is 32.1. The number of benzene rings is 6. The molecule has 0 N–H and O–H groups in total. The van der Waals surface area contributed by atoms with Crippen LogP contribution in [0.15, 0.2) is 84.9 Å². The molecule has 0 atom stereocenters. The van der Waals surface area contributed by atoms with E-state index in [2.05, 4.69) is 126 Å². The van der Waals surface area contributed by atoms with Crippen molar-refractivity contribution >= 4 is 43.1 Å². The Labute approximate surface area is 202 Å². The molecular weight excluding hydrogens is 408 g/mol. The maximum atomic E-state index is 2.46. The third-order valence-electron chi connectivity index (χ3n) is 7.49. The Morgan fingerprint density at radius 2 is 1.03 bits per heavy atom. The molecule has 0 unspecified atom stereocenters. The van der Waals surface area contributed by atoms with Gasteiger partial charge in [0.2, 0.25) is 0 Å². The highest BCUT2D eigenvalue weighted by molar-refractivity contribution is 6.35. The van der Waals surface area contributed by atoms with Crippen molar-refractivity contribution in [2.24, 2.45) is 0 Å². The van der Waals surface area contributed by atoms with E-state index < -0.39 is 0 Å². The van der Waals surface area contributed by atoms with Crippen LogP contribution >= 0.6 is 0 Å². The molecule has 0 spiro atoms. The van der Waals surface area contributed by atoms with E-state index in [4.69, 9.17) is 0 Å². The molecule has 0 radical (unpaired) electrons. The number of hydrogen-bond acceptors (Lipinski definition) is 0. The molecule has 0 amide bonds. The van der Waals surface area contributed by atoms with E-state index in [9.17, 15) is 0 Å². The molecule has 34 heavy (non-hydrogen) atoms. The van der Waals surface area contributed by atoms with Gasteiger partial charge in [-0.05, 0) is 76.2 Å². The van der Waals surface area contributed by atoms with Crippen molar-refractivity contribution in [3.8, 4) is 11.1 Å². The van der Waals surface area contributed by atoms with E-state index in [1.54, 1.807) is 0 Å². The Morgan fingerprint density at radius 3 is 1.65 bits per heavy atom. The van der Waals surface area contributed by atoms with Crippen LogP contribution in [-0.4, -0.2) is 0 Å². The summed E-state index contributed by atoms with van der Waals surface area (Å²) >= 11 is 0. The maximum absolute atomic E-state index is 2.46. The van der Waals surface area contributed by atoms with E-state index in [0.717, 1.165) is 0 Å². The number of fused-ring (bicyclic) bond motifs is 2. The van der Waals surface area contributed by atoms with Crippen LogP contribution in [-0.2, 0) is 10.8 Å². The van der Waals surface area contributed by atoms with Gasteiger partial charge >= 0.3 is 0 Å². The van der Waals surface area contributed by atoms with Gasteiger partial charge in [-0.15, -0.1) is 0 Å². The third-order valence-corrected chi connectivity index (χ3v) is 7.49. The molecule has 6 aromatic carbocycles. The van der Waals surface area contributed by atoms with Gasteiger partial charge < -0.3 is 0 Å². The summed E-state index contributed by atoms with van der Waals surface area (Å²) in [5, 5.41) is 10.8. The molecule has 0 saturated heterocycles. The van der Waals surface area contributed by atoms with Crippen molar-refractivity contribution in [2.45, 2.75) is 52.4 Å². The van der Waals surface area contributed by atoms with Crippen molar-refractivity contribution in [3.05, 3.63) is 96.1 Å². The molecule has 168 valence electrons. The monoisotopic (exact) mass is 440 g/mol. The average Bonchev–Trinajstić information content (AvgIpc) is 2.80. The van der Waals surface area contributed by atoms with Crippen LogP contribution in [0.25, 0.3) is 54.2 Å². The Morgan fingerprint density at radius 1 is 0.441 bits per heavy atom. The van der Waals surface area contributed by atoms with Gasteiger partial charge in [-0.3, -0.25) is 0 Å². The van der Waals surface area contributed by atoms with Crippen molar-refractivity contribution in [1.82, 2.24) is 0 Å². The Hall–Kier alpha value is -3.38. The largest absolute Gasteiger partial charge is 0.0610 e. The van der Waals surface area contributed by atoms with Gasteiger partial charge in [0.1, 0.15) is 0 Å². The predicted octanol–water partition coefficient (Wildman–Crippen LogP) is 10.00. The summed E-state index contributed by atoms with van der Waals surface area (Å²) in [5.41, 5.74) is 5.63. The first-order valence-electron chi connectivity index (χ1n) is 12.4. The fraction of sp³-hybridized carbons (Fsp3) is 0.235. The quantitative estimate of drug-likeness (QED) is 0.176. The fourth-order valence-electron chi connectivity index (χ4n) is 5.77. The van der Waals surface area contributed by atoms with Gasteiger partial charge in [0.05, 0.1) is 0 Å². The van der Waals surface area contributed by atoms with Gasteiger partial charge in [0.25, 0.3) is 0 Å². The van der Waals surface area contributed by atoms with Crippen LogP contribution in [0.4, 0.5) is 0 Å². The molecule has 0 fully saturated rings. The van der Waals surface area contributed by atoms with Crippen molar-refractivity contribution in [3.63, 3.8) is 0 Å². The highest BCUT2D eigenvalue weighted by atomic mass is 14.3. The smallest absolute Gasteiger partial charge is 0.00140 e. The summed E-state index contributed by atoms with van der Waals surface area (Å²) in [5.74, 6) is 0. The van der Waals surface area contributed by atoms with Crippen molar-refractivity contribution < 1.29 is 0 Å². The molecule has 6 aromatic rings. The summed E-state index contributed by atoms with van der Waals surface area (Å²) in [7, 11) is 0. The van der Waals surface area contributed by atoms with Crippen LogP contribution in [0.5, 0.6) is 0 Å². The van der Waals surface area contributed by atoms with Crippen LogP contribution in [0.3, 0.4) is 0 Å². The molecule has 6 rings (SSSR count). The Bertz CT molecular complexity index is 1700. The molecule has 0 saturated carbocycles. The van der Waals surface area contributed by atoms with E-state index in [-0.39, 0.29) is 10.8 Å². The lowest BCUT2D eigenvalue weighted by Crippen LogP contribution is -2.16. The van der Waals surface area contributed by atoms with E-state index in [1.807, 2.05) is 0 Å². The van der Waals surface area contributed by atoms with E-state index >= 15 is 0 Å². The van der Waals surface area contributed by atoms with Gasteiger partial charge in [0, 0.05) is 0 Å². The first kappa shape index (κ1) is 21.2. The molecule has 0 heterocycles. The Kier molecular flexibility index (Phi) is 4.40. The first-order chi connectivity index (χ1) is 16.1. The lowest BCUT2D eigenvalue weighted by Gasteiger charge is -2.28. The molecular formula is C34H32. The maximum Gasteiger partial charge on any atom is -0.00140 e. The standard InChI is InChI=1S/C34H32/c1-33(2,3)23-17-19-29(34(4,5)6)28(20-23)26-18-16-22-12-8-14-25-24-13-7-10-21-11-9-15-27(30(21)24)32(26)31(22)25/h7-20H,1-6H3. The minimum absolute atomic E-state index is 0.0471. The second kappa shape index (κ2) is 7.06. The fourth-order valence-corrected chi connectivity index (χ4v) is 5.77. The van der Waals surface area contributed by atoms with Gasteiger partial charge in [-0.25, -0.2) is 0 Å². The summed E-state index contributed by atoms with van der Waals surface area (Å²) < 4.78 is 0. The zero-order chi connectivity index (χ0) is 23.8. The average molecular weight is 441 g/mol. The summed E-state index contributed by atoms with van der Waals surface area (Å²) in [6.45, 7) is 13.9. The highest BCUT2D eigenvalue weighted by Gasteiger charge is 2.24. The van der Waals surface area contributed by atoms with Crippen molar-refractivity contribution in [2.75, 3.05) is 0 Å². The summed E-state index contributed by atoms with van der Waals surface area (Å²) in [4.78, 5) is 0. The molecule has 0 aliphatic carbocycles. The second-order valence-electron chi connectivity index (χ2n) is 11.9. The SMILES string of the molecule is CC(C)(C)c1ccc(C(C)(C)C)c(-c2ccc3cccc4c5cccc6cccc(c2c34)c65)c1. The Balaban J connectivity index is 1.87. The minimum Gasteiger partial charge on any atom is -0.0610 e. The first-order valence-corrected chi connectivity index (χ1v) is 12.4. The van der Waals surface area contributed by atoms with E-state index in [1.165, 1.54) is 65.3 Å². The predicted molar refractivity (Wildman–Crippen MR) is 150 cm³/mol. The highest BCUT2D eigenvalue weighted by Crippen LogP contribution is 2.46. The molecule has 0 heteroatoms. The molecule has 0 nitrogen and oxygen atoms in total. The van der Waals surface area contributed by atoms with E-state index in [0.29, 0.717) is 0 Å². The zero-order valence-electron chi connectivity index (χ0n) is 21.1. The van der Waals surface area contributed by atoms with Crippen LogP contribution in [0, 0.1) is 0 Å². The molecule has 0 aromatic heterocycles. The van der Waals surface area contributed by atoms with Crippen molar-refractivity contribution in [1.29, 1.82) is 0 Å². The van der Waals surface area contributed by atoms with Gasteiger partial charge in [-0.1, -0.05) is 126 Å². The van der Waals surface area contributed by atoms with Gasteiger partial charge in [-0.2, -0.15) is 0 Å². The molecule has 0 aliphatic rings. The topological polar surface area (TPSA) is 0 Å².